The standard InChI is InChI=1S/C14H16ClN3O3S2/c1-8(13(19)16-10-4-5-23(20,21)7-10)22-14-17-11-3-2-9(15)6-12(11)18-14/h2-3,6,8,10H,4-5,7H2,1H3,(H,16,19)(H,17,18). The second-order valence-corrected chi connectivity index (χ2v) is 9.57. The fraction of sp³-hybridized carbons (Fsp3) is 0.429. The maximum atomic E-state index is 12.2. The number of carbonyl (C=O) groups excluding carboxylic acids is 1. The van der Waals surface area contributed by atoms with Crippen LogP contribution in [0.2, 0.25) is 5.02 Å². The summed E-state index contributed by atoms with van der Waals surface area (Å²) in [7, 11) is -3.00. The molecule has 2 unspecified atom stereocenters. The summed E-state index contributed by atoms with van der Waals surface area (Å²) in [6.07, 6.45) is 0.481. The monoisotopic (exact) mass is 373 g/mol. The highest BCUT2D eigenvalue weighted by Gasteiger charge is 2.30. The number of hydrogen-bond acceptors (Lipinski definition) is 5. The third-order valence-corrected chi connectivity index (χ3v) is 6.65. The van der Waals surface area contributed by atoms with Crippen molar-refractivity contribution in [2.45, 2.75) is 29.8 Å². The van der Waals surface area contributed by atoms with Crippen LogP contribution in [0, 0.1) is 0 Å². The molecule has 2 heterocycles. The van der Waals surface area contributed by atoms with E-state index >= 15 is 0 Å². The number of aromatic amines is 1. The van der Waals surface area contributed by atoms with E-state index in [0.717, 1.165) is 11.0 Å². The van der Waals surface area contributed by atoms with Gasteiger partial charge in [-0.1, -0.05) is 23.4 Å². The van der Waals surface area contributed by atoms with Gasteiger partial charge in [0.2, 0.25) is 5.91 Å². The number of aromatic nitrogens is 2. The van der Waals surface area contributed by atoms with E-state index in [4.69, 9.17) is 11.6 Å². The molecule has 6 nitrogen and oxygen atoms in total. The van der Waals surface area contributed by atoms with Gasteiger partial charge in [-0.3, -0.25) is 4.79 Å². The molecule has 1 saturated heterocycles. The summed E-state index contributed by atoms with van der Waals surface area (Å²) in [4.78, 5) is 19.7. The van der Waals surface area contributed by atoms with Gasteiger partial charge in [0.25, 0.3) is 0 Å². The Kier molecular flexibility index (Phi) is 4.57. The molecule has 2 aromatic rings. The summed E-state index contributed by atoms with van der Waals surface area (Å²) in [6, 6.07) is 5.06. The van der Waals surface area contributed by atoms with Gasteiger partial charge < -0.3 is 10.3 Å². The highest BCUT2D eigenvalue weighted by atomic mass is 35.5. The van der Waals surface area contributed by atoms with Crippen LogP contribution in [0.3, 0.4) is 0 Å². The van der Waals surface area contributed by atoms with Crippen LogP contribution in [-0.4, -0.2) is 47.1 Å². The molecule has 2 N–H and O–H groups in total. The number of nitrogens with one attached hydrogen (secondary N) is 2. The molecular formula is C14H16ClN3O3S2. The Morgan fingerprint density at radius 1 is 1.52 bits per heavy atom. The summed E-state index contributed by atoms with van der Waals surface area (Å²) in [6.45, 7) is 1.77. The Labute approximate surface area is 143 Å². The number of imidazole rings is 1. The fourth-order valence-corrected chi connectivity index (χ4v) is 5.14. The summed E-state index contributed by atoms with van der Waals surface area (Å²) < 4.78 is 22.9. The number of amides is 1. The number of carbonyl (C=O) groups is 1. The zero-order valence-electron chi connectivity index (χ0n) is 12.4. The van der Waals surface area contributed by atoms with Crippen molar-refractivity contribution in [1.29, 1.82) is 0 Å². The number of thioether (sulfide) groups is 1. The van der Waals surface area contributed by atoms with Crippen molar-refractivity contribution in [2.75, 3.05) is 11.5 Å². The molecule has 23 heavy (non-hydrogen) atoms. The summed E-state index contributed by atoms with van der Waals surface area (Å²) >= 11 is 7.23. The molecule has 2 atom stereocenters. The van der Waals surface area contributed by atoms with E-state index in [-0.39, 0.29) is 28.7 Å². The van der Waals surface area contributed by atoms with E-state index in [1.165, 1.54) is 11.8 Å². The summed E-state index contributed by atoms with van der Waals surface area (Å²) in [5.74, 6) is -0.0149. The first-order valence-electron chi connectivity index (χ1n) is 7.15. The predicted molar refractivity (Wildman–Crippen MR) is 91.6 cm³/mol. The first-order valence-corrected chi connectivity index (χ1v) is 10.2. The normalized spacial score (nSPS) is 21.4. The van der Waals surface area contributed by atoms with Crippen molar-refractivity contribution in [3.05, 3.63) is 23.2 Å². The molecule has 1 fully saturated rings. The second-order valence-electron chi connectivity index (χ2n) is 5.57. The number of H-pyrrole nitrogens is 1. The van der Waals surface area contributed by atoms with Crippen molar-refractivity contribution < 1.29 is 13.2 Å². The second kappa shape index (κ2) is 6.33. The molecule has 0 bridgehead atoms. The maximum absolute atomic E-state index is 12.2. The number of halogens is 1. The lowest BCUT2D eigenvalue weighted by molar-refractivity contribution is -0.120. The molecule has 1 amide bonds. The molecule has 9 heteroatoms. The van der Waals surface area contributed by atoms with Crippen molar-refractivity contribution in [3.8, 4) is 0 Å². The van der Waals surface area contributed by atoms with Crippen molar-refractivity contribution in [3.63, 3.8) is 0 Å². The molecule has 0 aliphatic carbocycles. The van der Waals surface area contributed by atoms with Gasteiger partial charge in [-0.2, -0.15) is 0 Å². The zero-order chi connectivity index (χ0) is 16.6. The van der Waals surface area contributed by atoms with Crippen LogP contribution in [0.25, 0.3) is 11.0 Å². The first-order chi connectivity index (χ1) is 10.8. The van der Waals surface area contributed by atoms with Crippen molar-refractivity contribution >= 4 is 50.1 Å². The van der Waals surface area contributed by atoms with Gasteiger partial charge in [0.1, 0.15) is 0 Å². The van der Waals surface area contributed by atoms with Crippen molar-refractivity contribution in [2.24, 2.45) is 0 Å². The number of fused-ring (bicyclic) bond motifs is 1. The quantitative estimate of drug-likeness (QED) is 0.800. The average Bonchev–Trinajstić information content (AvgIpc) is 3.00. The topological polar surface area (TPSA) is 91.9 Å². The van der Waals surface area contributed by atoms with Crippen LogP contribution in [0.4, 0.5) is 0 Å². The highest BCUT2D eigenvalue weighted by molar-refractivity contribution is 8.00. The first kappa shape index (κ1) is 16.6. The van der Waals surface area contributed by atoms with E-state index < -0.39 is 9.84 Å². The molecule has 124 valence electrons. The molecular weight excluding hydrogens is 358 g/mol. The molecule has 1 aromatic carbocycles. The number of benzene rings is 1. The molecule has 3 rings (SSSR count). The smallest absolute Gasteiger partial charge is 0.233 e. The van der Waals surface area contributed by atoms with Crippen LogP contribution in [0.1, 0.15) is 13.3 Å². The molecule has 1 aliphatic rings. The third-order valence-electron chi connectivity index (χ3n) is 3.66. The van der Waals surface area contributed by atoms with Gasteiger partial charge in [0.05, 0.1) is 27.8 Å². The Bertz CT molecular complexity index is 850. The zero-order valence-corrected chi connectivity index (χ0v) is 14.8. The van der Waals surface area contributed by atoms with Crippen molar-refractivity contribution in [1.82, 2.24) is 15.3 Å². The van der Waals surface area contributed by atoms with Gasteiger partial charge >= 0.3 is 0 Å². The lowest BCUT2D eigenvalue weighted by Crippen LogP contribution is -2.39. The lowest BCUT2D eigenvalue weighted by atomic mass is 10.2. The average molecular weight is 374 g/mol. The Hall–Kier alpha value is -1.25. The van der Waals surface area contributed by atoms with E-state index in [1.807, 2.05) is 6.07 Å². The molecule has 1 aromatic heterocycles. The van der Waals surface area contributed by atoms with Crippen LogP contribution in [-0.2, 0) is 14.6 Å². The number of rotatable bonds is 4. The molecule has 0 saturated carbocycles. The molecule has 1 aliphatic heterocycles. The molecule has 0 radical (unpaired) electrons. The number of nitrogens with zero attached hydrogens (tertiary/aromatic N) is 1. The Morgan fingerprint density at radius 3 is 3.00 bits per heavy atom. The van der Waals surface area contributed by atoms with Crippen LogP contribution in [0.5, 0.6) is 0 Å². The van der Waals surface area contributed by atoms with E-state index in [2.05, 4.69) is 15.3 Å². The lowest BCUT2D eigenvalue weighted by Gasteiger charge is -2.14. The predicted octanol–water partition coefficient (Wildman–Crippen LogP) is 2.00. The van der Waals surface area contributed by atoms with E-state index in [1.54, 1.807) is 19.1 Å². The Morgan fingerprint density at radius 2 is 2.30 bits per heavy atom. The van der Waals surface area contributed by atoms with Gasteiger partial charge in [-0.05, 0) is 31.5 Å². The minimum Gasteiger partial charge on any atom is -0.351 e. The Balaban J connectivity index is 1.63. The number of sulfone groups is 1. The highest BCUT2D eigenvalue weighted by Crippen LogP contribution is 2.25. The summed E-state index contributed by atoms with van der Waals surface area (Å²) in [5, 5.41) is 3.66. The van der Waals surface area contributed by atoms with E-state index in [0.29, 0.717) is 16.6 Å². The minimum absolute atomic E-state index is 0.0270. The van der Waals surface area contributed by atoms with Crippen LogP contribution in [0.15, 0.2) is 23.4 Å². The number of hydrogen-bond donors (Lipinski definition) is 2. The van der Waals surface area contributed by atoms with Gasteiger partial charge in [-0.25, -0.2) is 13.4 Å². The van der Waals surface area contributed by atoms with Crippen LogP contribution < -0.4 is 5.32 Å². The maximum Gasteiger partial charge on any atom is 0.233 e. The molecule has 0 spiro atoms. The largest absolute Gasteiger partial charge is 0.351 e. The summed E-state index contributed by atoms with van der Waals surface area (Å²) in [5.41, 5.74) is 1.60. The third kappa shape index (κ3) is 3.99. The van der Waals surface area contributed by atoms with Gasteiger partial charge in [0.15, 0.2) is 15.0 Å². The fourth-order valence-electron chi connectivity index (χ4n) is 2.46. The SMILES string of the molecule is CC(Sc1nc2ccc(Cl)cc2[nH]1)C(=O)NC1CCS(=O)(=O)C1. The van der Waals surface area contributed by atoms with E-state index in [9.17, 15) is 13.2 Å². The van der Waals surface area contributed by atoms with Crippen LogP contribution >= 0.6 is 23.4 Å². The van der Waals surface area contributed by atoms with Gasteiger partial charge in [0, 0.05) is 11.1 Å². The minimum atomic E-state index is -3.00. The van der Waals surface area contributed by atoms with Gasteiger partial charge in [-0.15, -0.1) is 0 Å².